The van der Waals surface area contributed by atoms with Crippen LogP contribution in [0.4, 0.5) is 19.3 Å². The van der Waals surface area contributed by atoms with Crippen LogP contribution in [0.25, 0.3) is 0 Å². The predicted molar refractivity (Wildman–Crippen MR) is 76.4 cm³/mol. The fourth-order valence-electron chi connectivity index (χ4n) is 1.83. The standard InChI is InChI=1S/C15H16F2N2O3/c1-9-6-7-12(22-9)15(2,21)8-18-14(20)19-11-5-3-4-10(16)13(11)17/h3-7,21H,8H2,1-2H3,(H2,18,19,20). The molecule has 0 saturated heterocycles. The molecule has 2 rings (SSSR count). The van der Waals surface area contributed by atoms with E-state index in [0.717, 1.165) is 6.07 Å². The van der Waals surface area contributed by atoms with Crippen molar-refractivity contribution < 1.29 is 23.1 Å². The molecular weight excluding hydrogens is 294 g/mol. The molecule has 1 heterocycles. The van der Waals surface area contributed by atoms with Gasteiger partial charge in [0, 0.05) is 0 Å². The maximum atomic E-state index is 13.4. The number of carbonyl (C=O) groups excluding carboxylic acids is 1. The second kappa shape index (κ2) is 6.15. The first-order chi connectivity index (χ1) is 10.3. The quantitative estimate of drug-likeness (QED) is 0.813. The molecule has 0 bridgehead atoms. The molecule has 22 heavy (non-hydrogen) atoms. The van der Waals surface area contributed by atoms with E-state index in [2.05, 4.69) is 10.6 Å². The fourth-order valence-corrected chi connectivity index (χ4v) is 1.83. The van der Waals surface area contributed by atoms with Crippen molar-refractivity contribution in [2.45, 2.75) is 19.4 Å². The van der Waals surface area contributed by atoms with Crippen LogP contribution in [0, 0.1) is 18.6 Å². The minimum Gasteiger partial charge on any atom is -0.463 e. The molecular formula is C15H16F2N2O3. The van der Waals surface area contributed by atoms with E-state index in [-0.39, 0.29) is 12.2 Å². The number of nitrogens with one attached hydrogen (secondary N) is 2. The van der Waals surface area contributed by atoms with Crippen LogP contribution >= 0.6 is 0 Å². The maximum Gasteiger partial charge on any atom is 0.319 e. The summed E-state index contributed by atoms with van der Waals surface area (Å²) in [5.74, 6) is -1.29. The molecule has 0 fully saturated rings. The van der Waals surface area contributed by atoms with Gasteiger partial charge in [0.25, 0.3) is 0 Å². The van der Waals surface area contributed by atoms with Crippen molar-refractivity contribution in [1.82, 2.24) is 5.32 Å². The topological polar surface area (TPSA) is 74.5 Å². The Hall–Kier alpha value is -2.41. The average Bonchev–Trinajstić information content (AvgIpc) is 2.89. The van der Waals surface area contributed by atoms with Crippen LogP contribution in [0.5, 0.6) is 0 Å². The Labute approximate surface area is 125 Å². The van der Waals surface area contributed by atoms with Gasteiger partial charge in [0.1, 0.15) is 17.1 Å². The normalized spacial score (nSPS) is 13.5. The molecule has 3 N–H and O–H groups in total. The van der Waals surface area contributed by atoms with Crippen LogP contribution in [0.3, 0.4) is 0 Å². The predicted octanol–water partition coefficient (Wildman–Crippen LogP) is 2.90. The number of hydrogen-bond donors (Lipinski definition) is 3. The lowest BCUT2D eigenvalue weighted by atomic mass is 10.0. The Morgan fingerprint density at radius 3 is 2.68 bits per heavy atom. The van der Waals surface area contributed by atoms with Crippen LogP contribution < -0.4 is 10.6 Å². The van der Waals surface area contributed by atoms with Gasteiger partial charge in [0.15, 0.2) is 11.6 Å². The zero-order valence-corrected chi connectivity index (χ0v) is 12.1. The van der Waals surface area contributed by atoms with Crippen molar-refractivity contribution in [2.24, 2.45) is 0 Å². The van der Waals surface area contributed by atoms with Gasteiger partial charge in [0.05, 0.1) is 12.2 Å². The number of hydrogen-bond acceptors (Lipinski definition) is 3. The highest BCUT2D eigenvalue weighted by atomic mass is 19.2. The van der Waals surface area contributed by atoms with E-state index in [1.165, 1.54) is 19.1 Å². The van der Waals surface area contributed by atoms with Crippen LogP contribution in [-0.4, -0.2) is 17.7 Å². The van der Waals surface area contributed by atoms with Gasteiger partial charge in [-0.05, 0) is 38.1 Å². The molecule has 0 aliphatic carbocycles. The number of carbonyl (C=O) groups is 1. The average molecular weight is 310 g/mol. The number of rotatable bonds is 4. The second-order valence-corrected chi connectivity index (χ2v) is 5.09. The van der Waals surface area contributed by atoms with E-state index < -0.39 is 23.3 Å². The fraction of sp³-hybridized carbons (Fsp3) is 0.267. The summed E-state index contributed by atoms with van der Waals surface area (Å²) in [6.45, 7) is 3.03. The van der Waals surface area contributed by atoms with Crippen molar-refractivity contribution >= 4 is 11.7 Å². The van der Waals surface area contributed by atoms with Gasteiger partial charge in [-0.3, -0.25) is 0 Å². The maximum absolute atomic E-state index is 13.4. The van der Waals surface area contributed by atoms with Gasteiger partial charge in [-0.15, -0.1) is 0 Å². The Kier molecular flexibility index (Phi) is 4.46. The van der Waals surface area contributed by atoms with Gasteiger partial charge in [-0.25, -0.2) is 13.6 Å². The summed E-state index contributed by atoms with van der Waals surface area (Å²) in [4.78, 5) is 11.7. The summed E-state index contributed by atoms with van der Waals surface area (Å²) in [6, 6.07) is 5.96. The molecule has 1 atom stereocenters. The van der Waals surface area contributed by atoms with E-state index in [4.69, 9.17) is 4.42 Å². The van der Waals surface area contributed by atoms with E-state index in [1.54, 1.807) is 19.1 Å². The molecule has 5 nitrogen and oxygen atoms in total. The lowest BCUT2D eigenvalue weighted by Crippen LogP contribution is -2.40. The minimum absolute atomic E-state index is 0.164. The molecule has 1 aromatic carbocycles. The van der Waals surface area contributed by atoms with Crippen LogP contribution in [0.1, 0.15) is 18.4 Å². The van der Waals surface area contributed by atoms with Gasteiger partial charge in [-0.1, -0.05) is 6.07 Å². The molecule has 0 aliphatic heterocycles. The van der Waals surface area contributed by atoms with Crippen LogP contribution in [0.2, 0.25) is 0 Å². The Morgan fingerprint density at radius 1 is 1.32 bits per heavy atom. The third-order valence-corrected chi connectivity index (χ3v) is 3.06. The number of aryl methyl sites for hydroxylation is 1. The minimum atomic E-state index is -1.42. The SMILES string of the molecule is Cc1ccc(C(C)(O)CNC(=O)Nc2cccc(F)c2F)o1. The van der Waals surface area contributed by atoms with Gasteiger partial charge < -0.3 is 20.2 Å². The molecule has 0 radical (unpaired) electrons. The molecule has 7 heteroatoms. The summed E-state index contributed by atoms with van der Waals surface area (Å²) < 4.78 is 31.8. The Bertz CT molecular complexity index is 683. The third kappa shape index (κ3) is 3.62. The molecule has 0 aliphatic rings. The molecule has 1 unspecified atom stereocenters. The van der Waals surface area contributed by atoms with Crippen LogP contribution in [0.15, 0.2) is 34.7 Å². The van der Waals surface area contributed by atoms with Gasteiger partial charge in [-0.2, -0.15) is 0 Å². The van der Waals surface area contributed by atoms with E-state index >= 15 is 0 Å². The van der Waals surface area contributed by atoms with E-state index in [9.17, 15) is 18.7 Å². The number of amides is 2. The lowest BCUT2D eigenvalue weighted by Gasteiger charge is -2.21. The smallest absolute Gasteiger partial charge is 0.319 e. The summed E-state index contributed by atoms with van der Waals surface area (Å²) in [6.07, 6.45) is 0. The number of furan rings is 1. The first-order valence-electron chi connectivity index (χ1n) is 6.58. The van der Waals surface area contributed by atoms with Crippen molar-refractivity contribution in [3.8, 4) is 0 Å². The van der Waals surface area contributed by atoms with Crippen molar-refractivity contribution in [3.05, 3.63) is 53.5 Å². The largest absolute Gasteiger partial charge is 0.463 e. The first-order valence-corrected chi connectivity index (χ1v) is 6.58. The van der Waals surface area contributed by atoms with E-state index in [0.29, 0.717) is 11.5 Å². The molecule has 118 valence electrons. The Morgan fingerprint density at radius 2 is 2.05 bits per heavy atom. The summed E-state index contributed by atoms with van der Waals surface area (Å²) in [5, 5.41) is 14.8. The lowest BCUT2D eigenvalue weighted by molar-refractivity contribution is 0.0364. The molecule has 2 aromatic rings. The van der Waals surface area contributed by atoms with Crippen molar-refractivity contribution in [1.29, 1.82) is 0 Å². The number of halogens is 2. The van der Waals surface area contributed by atoms with Crippen LogP contribution in [-0.2, 0) is 5.60 Å². The first kappa shape index (κ1) is 16.0. The highest BCUT2D eigenvalue weighted by molar-refractivity contribution is 5.89. The Balaban J connectivity index is 1.96. The molecule has 1 aromatic heterocycles. The summed E-state index contributed by atoms with van der Waals surface area (Å²) in [7, 11) is 0. The summed E-state index contributed by atoms with van der Waals surface area (Å²) >= 11 is 0. The highest BCUT2D eigenvalue weighted by Gasteiger charge is 2.27. The number of anilines is 1. The number of urea groups is 1. The molecule has 0 saturated carbocycles. The monoisotopic (exact) mass is 310 g/mol. The highest BCUT2D eigenvalue weighted by Crippen LogP contribution is 2.22. The number of aliphatic hydroxyl groups is 1. The number of benzene rings is 1. The summed E-state index contributed by atoms with van der Waals surface area (Å²) in [5.41, 5.74) is -1.71. The zero-order valence-electron chi connectivity index (χ0n) is 12.1. The zero-order chi connectivity index (χ0) is 16.3. The van der Waals surface area contributed by atoms with Crippen molar-refractivity contribution in [2.75, 3.05) is 11.9 Å². The molecule has 0 spiro atoms. The third-order valence-electron chi connectivity index (χ3n) is 3.06. The van der Waals surface area contributed by atoms with Gasteiger partial charge >= 0.3 is 6.03 Å². The second-order valence-electron chi connectivity index (χ2n) is 5.09. The van der Waals surface area contributed by atoms with Gasteiger partial charge in [0.2, 0.25) is 0 Å². The van der Waals surface area contributed by atoms with E-state index in [1.807, 2.05) is 0 Å². The molecule has 2 amide bonds. The van der Waals surface area contributed by atoms with Crippen molar-refractivity contribution in [3.63, 3.8) is 0 Å².